The Bertz CT molecular complexity index is 991. The molecule has 2 amide bonds. The highest BCUT2D eigenvalue weighted by molar-refractivity contribution is 6.36. The number of carbonyl (C=O) groups is 2. The number of unbranched alkanes of at least 4 members (excludes halogenated alkanes) is 1. The largest absolute Gasteiger partial charge is 0.494 e. The van der Waals surface area contributed by atoms with Crippen LogP contribution in [-0.2, 0) is 14.3 Å². The van der Waals surface area contributed by atoms with E-state index >= 15 is 0 Å². The SMILES string of the molecule is CCCCOCCCN1C(=O)C(Nc2cc(C)cc(C)c2)=C(c2ccc(OCC)cc2)C1=O. The maximum absolute atomic E-state index is 13.4. The molecule has 0 aliphatic carbocycles. The third kappa shape index (κ3) is 6.23. The Morgan fingerprint density at radius 2 is 1.55 bits per heavy atom. The van der Waals surface area contributed by atoms with E-state index in [1.807, 2.05) is 57.2 Å². The molecule has 0 spiro atoms. The van der Waals surface area contributed by atoms with Gasteiger partial charge in [-0.3, -0.25) is 14.5 Å². The highest BCUT2D eigenvalue weighted by Crippen LogP contribution is 2.32. The Morgan fingerprint density at radius 3 is 2.18 bits per heavy atom. The molecule has 6 heteroatoms. The van der Waals surface area contributed by atoms with Crippen LogP contribution in [0.25, 0.3) is 5.57 Å². The summed E-state index contributed by atoms with van der Waals surface area (Å²) in [6.45, 7) is 10.2. The quantitative estimate of drug-likeness (QED) is 0.360. The number of imide groups is 1. The van der Waals surface area contributed by atoms with Gasteiger partial charge in [0.05, 0.1) is 12.2 Å². The van der Waals surface area contributed by atoms with Crippen molar-refractivity contribution in [3.05, 3.63) is 64.9 Å². The van der Waals surface area contributed by atoms with Crippen LogP contribution >= 0.6 is 0 Å². The Kier molecular flexibility index (Phi) is 8.66. The lowest BCUT2D eigenvalue weighted by atomic mass is 10.0. The summed E-state index contributed by atoms with van der Waals surface area (Å²) >= 11 is 0. The molecule has 6 nitrogen and oxygen atoms in total. The van der Waals surface area contributed by atoms with Crippen molar-refractivity contribution >= 4 is 23.1 Å². The molecule has 1 heterocycles. The third-order valence-corrected chi connectivity index (χ3v) is 5.43. The van der Waals surface area contributed by atoms with Crippen molar-refractivity contribution in [2.75, 3.05) is 31.7 Å². The standard InChI is InChI=1S/C27H34N2O4/c1-5-7-14-32-15-8-13-29-26(30)24(21-9-11-23(12-10-21)33-6-2)25(27(29)31)28-22-17-19(3)16-20(4)18-22/h9-12,16-18,28H,5-8,13-15H2,1-4H3. The fourth-order valence-corrected chi connectivity index (χ4v) is 3.91. The van der Waals surface area contributed by atoms with Crippen molar-refractivity contribution in [2.45, 2.75) is 47.0 Å². The lowest BCUT2D eigenvalue weighted by Gasteiger charge is -2.15. The number of carbonyl (C=O) groups excluding carboxylic acids is 2. The predicted molar refractivity (Wildman–Crippen MR) is 131 cm³/mol. The van der Waals surface area contributed by atoms with Gasteiger partial charge in [0.2, 0.25) is 0 Å². The van der Waals surface area contributed by atoms with Crippen molar-refractivity contribution in [2.24, 2.45) is 0 Å². The van der Waals surface area contributed by atoms with Gasteiger partial charge in [0.1, 0.15) is 11.4 Å². The van der Waals surface area contributed by atoms with Crippen LogP contribution in [0.4, 0.5) is 5.69 Å². The van der Waals surface area contributed by atoms with E-state index < -0.39 is 0 Å². The second kappa shape index (κ2) is 11.7. The van der Waals surface area contributed by atoms with Gasteiger partial charge in [0, 0.05) is 25.4 Å². The highest BCUT2D eigenvalue weighted by atomic mass is 16.5. The summed E-state index contributed by atoms with van der Waals surface area (Å²) < 4.78 is 11.1. The summed E-state index contributed by atoms with van der Waals surface area (Å²) in [5, 5.41) is 3.24. The molecule has 3 rings (SSSR count). The van der Waals surface area contributed by atoms with Gasteiger partial charge in [-0.2, -0.15) is 0 Å². The third-order valence-electron chi connectivity index (χ3n) is 5.43. The molecule has 0 saturated carbocycles. The van der Waals surface area contributed by atoms with Gasteiger partial charge in [-0.1, -0.05) is 31.5 Å². The molecule has 1 aliphatic rings. The molecule has 0 fully saturated rings. The molecule has 176 valence electrons. The zero-order chi connectivity index (χ0) is 23.8. The normalized spacial score (nSPS) is 13.8. The van der Waals surface area contributed by atoms with Gasteiger partial charge in [-0.05, 0) is 74.6 Å². The van der Waals surface area contributed by atoms with Gasteiger partial charge >= 0.3 is 0 Å². The van der Waals surface area contributed by atoms with E-state index in [1.165, 1.54) is 4.90 Å². The van der Waals surface area contributed by atoms with Crippen LogP contribution in [0.1, 0.15) is 49.8 Å². The lowest BCUT2D eigenvalue weighted by molar-refractivity contribution is -0.137. The molecule has 0 bridgehead atoms. The molecule has 2 aromatic carbocycles. The van der Waals surface area contributed by atoms with E-state index in [2.05, 4.69) is 18.3 Å². The molecule has 1 aliphatic heterocycles. The Balaban J connectivity index is 1.86. The number of amides is 2. The number of benzene rings is 2. The molecule has 0 unspecified atom stereocenters. The van der Waals surface area contributed by atoms with Gasteiger partial charge in [0.15, 0.2) is 0 Å². The minimum atomic E-state index is -0.309. The van der Waals surface area contributed by atoms with Crippen LogP contribution in [0.3, 0.4) is 0 Å². The summed E-state index contributed by atoms with van der Waals surface area (Å²) in [6.07, 6.45) is 2.69. The second-order valence-electron chi connectivity index (χ2n) is 8.29. The Morgan fingerprint density at radius 1 is 0.879 bits per heavy atom. The summed E-state index contributed by atoms with van der Waals surface area (Å²) in [5.41, 5.74) is 4.33. The molecule has 2 aromatic rings. The van der Waals surface area contributed by atoms with Crippen molar-refractivity contribution in [1.82, 2.24) is 4.90 Å². The Labute approximate surface area is 196 Å². The number of anilines is 1. The highest BCUT2D eigenvalue weighted by Gasteiger charge is 2.38. The first-order chi connectivity index (χ1) is 15.9. The zero-order valence-electron chi connectivity index (χ0n) is 20.1. The van der Waals surface area contributed by atoms with E-state index in [0.717, 1.165) is 35.4 Å². The zero-order valence-corrected chi connectivity index (χ0v) is 20.1. The first-order valence-electron chi connectivity index (χ1n) is 11.7. The van der Waals surface area contributed by atoms with Gasteiger partial charge < -0.3 is 14.8 Å². The summed E-state index contributed by atoms with van der Waals surface area (Å²) in [4.78, 5) is 28.0. The molecule has 1 N–H and O–H groups in total. The van der Waals surface area contributed by atoms with Crippen molar-refractivity contribution in [1.29, 1.82) is 0 Å². The van der Waals surface area contributed by atoms with Crippen LogP contribution in [0.5, 0.6) is 5.75 Å². The minimum absolute atomic E-state index is 0.287. The van der Waals surface area contributed by atoms with Crippen molar-refractivity contribution < 1.29 is 19.1 Å². The van der Waals surface area contributed by atoms with E-state index in [9.17, 15) is 9.59 Å². The average molecular weight is 451 g/mol. The smallest absolute Gasteiger partial charge is 0.278 e. The summed E-state index contributed by atoms with van der Waals surface area (Å²) in [6, 6.07) is 13.3. The Hall–Kier alpha value is -3.12. The van der Waals surface area contributed by atoms with Crippen LogP contribution in [0.15, 0.2) is 48.2 Å². The molecular weight excluding hydrogens is 416 g/mol. The monoisotopic (exact) mass is 450 g/mol. The summed E-state index contributed by atoms with van der Waals surface area (Å²) in [7, 11) is 0. The van der Waals surface area contributed by atoms with E-state index in [0.29, 0.717) is 49.6 Å². The number of ether oxygens (including phenoxy) is 2. The van der Waals surface area contributed by atoms with E-state index in [-0.39, 0.29) is 11.8 Å². The fourth-order valence-electron chi connectivity index (χ4n) is 3.91. The van der Waals surface area contributed by atoms with E-state index in [4.69, 9.17) is 9.47 Å². The molecular formula is C27H34N2O4. The van der Waals surface area contributed by atoms with Gasteiger partial charge in [0.25, 0.3) is 11.8 Å². The van der Waals surface area contributed by atoms with Crippen LogP contribution < -0.4 is 10.1 Å². The number of nitrogens with one attached hydrogen (secondary N) is 1. The predicted octanol–water partition coefficient (Wildman–Crippen LogP) is 5.10. The fraction of sp³-hybridized carbons (Fsp3) is 0.407. The number of rotatable bonds is 12. The number of hydrogen-bond acceptors (Lipinski definition) is 5. The first kappa shape index (κ1) is 24.5. The second-order valence-corrected chi connectivity index (χ2v) is 8.29. The average Bonchev–Trinajstić information content (AvgIpc) is 3.00. The first-order valence-corrected chi connectivity index (χ1v) is 11.7. The number of hydrogen-bond donors (Lipinski definition) is 1. The molecule has 0 radical (unpaired) electrons. The minimum Gasteiger partial charge on any atom is -0.494 e. The molecule has 0 saturated heterocycles. The van der Waals surface area contributed by atoms with Crippen LogP contribution in [0, 0.1) is 13.8 Å². The van der Waals surface area contributed by atoms with Gasteiger partial charge in [-0.15, -0.1) is 0 Å². The van der Waals surface area contributed by atoms with E-state index in [1.54, 1.807) is 0 Å². The van der Waals surface area contributed by atoms with Crippen molar-refractivity contribution in [3.8, 4) is 5.75 Å². The molecule has 0 atom stereocenters. The van der Waals surface area contributed by atoms with Crippen LogP contribution in [0.2, 0.25) is 0 Å². The van der Waals surface area contributed by atoms with Gasteiger partial charge in [-0.25, -0.2) is 0 Å². The topological polar surface area (TPSA) is 67.9 Å². The van der Waals surface area contributed by atoms with Crippen LogP contribution in [-0.4, -0.2) is 43.1 Å². The molecule has 33 heavy (non-hydrogen) atoms. The van der Waals surface area contributed by atoms with Crippen molar-refractivity contribution in [3.63, 3.8) is 0 Å². The maximum Gasteiger partial charge on any atom is 0.278 e. The summed E-state index contributed by atoms with van der Waals surface area (Å²) in [5.74, 6) is 0.129. The lowest BCUT2D eigenvalue weighted by Crippen LogP contribution is -2.34. The molecule has 0 aromatic heterocycles. The number of nitrogens with zero attached hydrogens (tertiary/aromatic N) is 1. The number of aryl methyl sites for hydroxylation is 2. The maximum atomic E-state index is 13.4.